The molecule has 0 saturated heterocycles. The second-order valence-electron chi connectivity index (χ2n) is 9.11. The van der Waals surface area contributed by atoms with E-state index in [9.17, 15) is 4.79 Å². The third-order valence-electron chi connectivity index (χ3n) is 5.57. The molecule has 1 aromatic carbocycles. The highest BCUT2D eigenvalue weighted by atomic mass is 16.5. The highest BCUT2D eigenvalue weighted by Gasteiger charge is 2.23. The van der Waals surface area contributed by atoms with E-state index in [2.05, 4.69) is 56.0 Å². The Hall–Kier alpha value is -2.34. The molecule has 0 atom stereocenters. The van der Waals surface area contributed by atoms with Crippen LogP contribution in [0.2, 0.25) is 0 Å². The number of ether oxygens (including phenoxy) is 1. The summed E-state index contributed by atoms with van der Waals surface area (Å²) in [5.41, 5.74) is 4.17. The first-order valence-electron chi connectivity index (χ1n) is 10.4. The number of likely N-dealkylation sites (N-methyl/N-ethyl adjacent to an activating group) is 2. The quantitative estimate of drug-likeness (QED) is 0.720. The van der Waals surface area contributed by atoms with E-state index in [1.165, 1.54) is 11.1 Å². The van der Waals surface area contributed by atoms with Gasteiger partial charge in [0.15, 0.2) is 0 Å². The summed E-state index contributed by atoms with van der Waals surface area (Å²) >= 11 is 0. The molecule has 0 unspecified atom stereocenters. The molecule has 2 aromatic rings. The fraction of sp³-hybridized carbons (Fsp3) is 0.565. The number of hydrogen-bond donors (Lipinski definition) is 0. The molecule has 29 heavy (non-hydrogen) atoms. The standard InChI is InChI=1S/C23H34N4O2/c1-23(2,3)21-16-19(27(6)24-21)22(28)26(5)13-12-25(4)11-9-17-7-8-20-18(15-17)10-14-29-20/h7-8,15-16H,9-14H2,1-6H3. The average molecular weight is 399 g/mol. The van der Waals surface area contributed by atoms with Gasteiger partial charge in [0.25, 0.3) is 5.91 Å². The van der Waals surface area contributed by atoms with Gasteiger partial charge in [0.1, 0.15) is 11.4 Å². The Morgan fingerprint density at radius 3 is 2.62 bits per heavy atom. The van der Waals surface area contributed by atoms with Crippen LogP contribution in [0.5, 0.6) is 5.75 Å². The Labute approximate surface area is 174 Å². The smallest absolute Gasteiger partial charge is 0.271 e. The van der Waals surface area contributed by atoms with Crippen LogP contribution in [0.15, 0.2) is 24.3 Å². The molecule has 0 aliphatic carbocycles. The van der Waals surface area contributed by atoms with E-state index in [4.69, 9.17) is 4.74 Å². The summed E-state index contributed by atoms with van der Waals surface area (Å²) in [5.74, 6) is 1.05. The lowest BCUT2D eigenvalue weighted by molar-refractivity contribution is 0.0772. The lowest BCUT2D eigenvalue weighted by Crippen LogP contribution is -2.36. The molecule has 0 radical (unpaired) electrons. The fourth-order valence-electron chi connectivity index (χ4n) is 3.48. The highest BCUT2D eigenvalue weighted by molar-refractivity contribution is 5.92. The number of carbonyl (C=O) groups is 1. The monoisotopic (exact) mass is 398 g/mol. The lowest BCUT2D eigenvalue weighted by Gasteiger charge is -2.22. The predicted octanol–water partition coefficient (Wildman–Crippen LogP) is 2.90. The summed E-state index contributed by atoms with van der Waals surface area (Å²) in [7, 11) is 5.81. The van der Waals surface area contributed by atoms with E-state index in [1.807, 2.05) is 20.2 Å². The minimum Gasteiger partial charge on any atom is -0.493 e. The summed E-state index contributed by atoms with van der Waals surface area (Å²) in [6.07, 6.45) is 2.01. The molecular weight excluding hydrogens is 364 g/mol. The molecule has 1 aliphatic heterocycles. The number of hydrogen-bond acceptors (Lipinski definition) is 4. The van der Waals surface area contributed by atoms with Crippen LogP contribution < -0.4 is 4.74 Å². The highest BCUT2D eigenvalue weighted by Crippen LogP contribution is 2.26. The molecule has 6 heteroatoms. The number of rotatable bonds is 7. The van der Waals surface area contributed by atoms with Gasteiger partial charge in [0, 0.05) is 45.6 Å². The minimum absolute atomic E-state index is 0.0162. The SMILES string of the molecule is CN(CCc1ccc2c(c1)CCO2)CCN(C)C(=O)c1cc(C(C)(C)C)nn1C. The van der Waals surface area contributed by atoms with Crippen molar-refractivity contribution < 1.29 is 9.53 Å². The zero-order valence-corrected chi connectivity index (χ0v) is 18.7. The first kappa shape index (κ1) is 21.4. The van der Waals surface area contributed by atoms with Gasteiger partial charge in [-0.15, -0.1) is 0 Å². The summed E-state index contributed by atoms with van der Waals surface area (Å²) in [6, 6.07) is 8.42. The lowest BCUT2D eigenvalue weighted by atomic mass is 9.92. The first-order valence-corrected chi connectivity index (χ1v) is 10.4. The van der Waals surface area contributed by atoms with Crippen LogP contribution >= 0.6 is 0 Å². The molecule has 1 amide bonds. The van der Waals surface area contributed by atoms with Gasteiger partial charge in [-0.1, -0.05) is 32.9 Å². The van der Waals surface area contributed by atoms with Crippen LogP contribution in [0.1, 0.15) is 48.1 Å². The molecular formula is C23H34N4O2. The van der Waals surface area contributed by atoms with Crippen molar-refractivity contribution in [2.24, 2.45) is 7.05 Å². The Morgan fingerprint density at radius 1 is 1.17 bits per heavy atom. The molecule has 0 saturated carbocycles. The maximum atomic E-state index is 12.8. The minimum atomic E-state index is -0.0707. The van der Waals surface area contributed by atoms with Crippen molar-refractivity contribution in [2.75, 3.05) is 40.3 Å². The molecule has 1 aliphatic rings. The number of fused-ring (bicyclic) bond motifs is 1. The van der Waals surface area contributed by atoms with Crippen molar-refractivity contribution >= 4 is 5.91 Å². The summed E-state index contributed by atoms with van der Waals surface area (Å²) < 4.78 is 7.27. The number of carbonyl (C=O) groups excluding carboxylic acids is 1. The van der Waals surface area contributed by atoms with Crippen LogP contribution in [-0.2, 0) is 25.3 Å². The van der Waals surface area contributed by atoms with Crippen LogP contribution in [0.25, 0.3) is 0 Å². The molecule has 0 spiro atoms. The Kier molecular flexibility index (Phi) is 6.32. The molecule has 0 bridgehead atoms. The third-order valence-corrected chi connectivity index (χ3v) is 5.57. The normalized spacial score (nSPS) is 13.5. The van der Waals surface area contributed by atoms with Crippen molar-refractivity contribution in [3.05, 3.63) is 46.8 Å². The van der Waals surface area contributed by atoms with Crippen molar-refractivity contribution in [2.45, 2.75) is 39.0 Å². The van der Waals surface area contributed by atoms with E-state index in [0.29, 0.717) is 12.2 Å². The molecule has 2 heterocycles. The molecule has 158 valence electrons. The summed E-state index contributed by atoms with van der Waals surface area (Å²) in [5, 5.41) is 4.52. The number of aryl methyl sites for hydroxylation is 1. The van der Waals surface area contributed by atoms with Crippen molar-refractivity contribution in [3.8, 4) is 5.75 Å². The van der Waals surface area contributed by atoms with Gasteiger partial charge in [-0.3, -0.25) is 9.48 Å². The number of amides is 1. The average Bonchev–Trinajstić information content (AvgIpc) is 3.29. The van der Waals surface area contributed by atoms with Crippen LogP contribution in [0.3, 0.4) is 0 Å². The van der Waals surface area contributed by atoms with Crippen LogP contribution in [0.4, 0.5) is 0 Å². The van der Waals surface area contributed by atoms with Gasteiger partial charge in [0.2, 0.25) is 0 Å². The number of benzene rings is 1. The zero-order chi connectivity index (χ0) is 21.2. The first-order chi connectivity index (χ1) is 13.6. The van der Waals surface area contributed by atoms with E-state index >= 15 is 0 Å². The van der Waals surface area contributed by atoms with Gasteiger partial charge in [0.05, 0.1) is 12.3 Å². The largest absolute Gasteiger partial charge is 0.493 e. The van der Waals surface area contributed by atoms with E-state index in [-0.39, 0.29) is 11.3 Å². The van der Waals surface area contributed by atoms with Gasteiger partial charge in [-0.2, -0.15) is 5.10 Å². The Morgan fingerprint density at radius 2 is 1.93 bits per heavy atom. The number of nitrogens with zero attached hydrogens (tertiary/aromatic N) is 4. The van der Waals surface area contributed by atoms with Crippen molar-refractivity contribution in [3.63, 3.8) is 0 Å². The van der Waals surface area contributed by atoms with Crippen LogP contribution in [0, 0.1) is 0 Å². The van der Waals surface area contributed by atoms with Crippen molar-refractivity contribution in [1.29, 1.82) is 0 Å². The topological polar surface area (TPSA) is 50.6 Å². The Bertz CT molecular complexity index is 866. The van der Waals surface area contributed by atoms with Crippen molar-refractivity contribution in [1.82, 2.24) is 19.6 Å². The van der Waals surface area contributed by atoms with E-state index in [0.717, 1.165) is 44.0 Å². The fourth-order valence-corrected chi connectivity index (χ4v) is 3.48. The maximum absolute atomic E-state index is 12.8. The van der Waals surface area contributed by atoms with Gasteiger partial charge in [-0.25, -0.2) is 0 Å². The zero-order valence-electron chi connectivity index (χ0n) is 18.7. The third kappa shape index (κ3) is 5.18. The van der Waals surface area contributed by atoms with Crippen LogP contribution in [-0.4, -0.2) is 65.8 Å². The molecule has 1 aromatic heterocycles. The van der Waals surface area contributed by atoms with Gasteiger partial charge in [-0.05, 0) is 36.7 Å². The Balaban J connectivity index is 1.49. The number of aromatic nitrogens is 2. The van der Waals surface area contributed by atoms with Gasteiger partial charge < -0.3 is 14.5 Å². The summed E-state index contributed by atoms with van der Waals surface area (Å²) in [4.78, 5) is 16.9. The molecule has 0 fully saturated rings. The van der Waals surface area contributed by atoms with Gasteiger partial charge >= 0.3 is 0 Å². The molecule has 3 rings (SSSR count). The molecule has 6 nitrogen and oxygen atoms in total. The van der Waals surface area contributed by atoms with E-state index < -0.39 is 0 Å². The second kappa shape index (κ2) is 8.57. The predicted molar refractivity (Wildman–Crippen MR) is 116 cm³/mol. The second-order valence-corrected chi connectivity index (χ2v) is 9.11. The van der Waals surface area contributed by atoms with E-state index in [1.54, 1.807) is 9.58 Å². The molecule has 0 N–H and O–H groups in total. The maximum Gasteiger partial charge on any atom is 0.271 e. The summed E-state index contributed by atoms with van der Waals surface area (Å²) in [6.45, 7) is 9.60.